The normalized spacial score (nSPS) is 11.7. The highest BCUT2D eigenvalue weighted by Gasteiger charge is 2.13. The molecule has 1 N–H and O–H groups in total. The number of hydrogen-bond acceptors (Lipinski definition) is 3. The van der Waals surface area contributed by atoms with E-state index in [4.69, 9.17) is 4.74 Å². The maximum atomic E-state index is 11.8. The lowest BCUT2D eigenvalue weighted by atomic mass is 10.2. The van der Waals surface area contributed by atoms with E-state index < -0.39 is 5.97 Å². The molecule has 19 heavy (non-hydrogen) atoms. The maximum Gasteiger partial charge on any atom is 0.339 e. The monoisotopic (exact) mass is 375 g/mol. The molecule has 0 fully saturated rings. The van der Waals surface area contributed by atoms with Crippen molar-refractivity contribution in [1.82, 2.24) is 5.32 Å². The minimum Gasteiger partial charge on any atom is -0.452 e. The lowest BCUT2D eigenvalue weighted by Crippen LogP contribution is -2.35. The molecule has 1 aromatic carbocycles. The van der Waals surface area contributed by atoms with Gasteiger partial charge in [-0.1, -0.05) is 25.5 Å². The van der Waals surface area contributed by atoms with Crippen molar-refractivity contribution < 1.29 is 14.3 Å². The molecule has 0 spiro atoms. The summed E-state index contributed by atoms with van der Waals surface area (Å²) in [5.41, 5.74) is 0.484. The van der Waals surface area contributed by atoms with Crippen LogP contribution in [0.1, 0.15) is 37.0 Å². The summed E-state index contributed by atoms with van der Waals surface area (Å²) in [4.78, 5) is 23.3. The van der Waals surface area contributed by atoms with Gasteiger partial charge in [0.15, 0.2) is 6.61 Å². The van der Waals surface area contributed by atoms with Crippen molar-refractivity contribution in [3.05, 3.63) is 33.4 Å². The van der Waals surface area contributed by atoms with Gasteiger partial charge >= 0.3 is 5.97 Å². The third kappa shape index (κ3) is 5.59. The molecular weight excluding hydrogens is 357 g/mol. The van der Waals surface area contributed by atoms with Gasteiger partial charge in [0, 0.05) is 9.61 Å². The zero-order chi connectivity index (χ0) is 14.3. The zero-order valence-electron chi connectivity index (χ0n) is 11.1. The SMILES string of the molecule is CCC[C@H](C)NC(=O)COC(=O)c1ccccc1I. The van der Waals surface area contributed by atoms with E-state index in [1.807, 2.05) is 19.1 Å². The van der Waals surface area contributed by atoms with Gasteiger partial charge < -0.3 is 10.1 Å². The molecule has 0 saturated carbocycles. The predicted octanol–water partition coefficient (Wildman–Crippen LogP) is 2.75. The minimum atomic E-state index is -0.469. The summed E-state index contributed by atoms with van der Waals surface area (Å²) in [6.45, 7) is 3.75. The highest BCUT2D eigenvalue weighted by Crippen LogP contribution is 2.12. The lowest BCUT2D eigenvalue weighted by molar-refractivity contribution is -0.124. The Bertz CT molecular complexity index is 448. The number of esters is 1. The van der Waals surface area contributed by atoms with Crippen LogP contribution in [0.3, 0.4) is 0 Å². The van der Waals surface area contributed by atoms with Crippen molar-refractivity contribution in [2.45, 2.75) is 32.7 Å². The molecule has 0 unspecified atom stereocenters. The van der Waals surface area contributed by atoms with Gasteiger partial charge in [-0.3, -0.25) is 4.79 Å². The minimum absolute atomic E-state index is 0.105. The number of amides is 1. The molecule has 0 saturated heterocycles. The maximum absolute atomic E-state index is 11.8. The number of halogens is 1. The molecule has 0 aliphatic rings. The third-order valence-corrected chi connectivity index (χ3v) is 3.50. The number of benzene rings is 1. The smallest absolute Gasteiger partial charge is 0.339 e. The van der Waals surface area contributed by atoms with Crippen molar-refractivity contribution in [2.75, 3.05) is 6.61 Å². The van der Waals surface area contributed by atoms with Gasteiger partial charge in [0.05, 0.1) is 5.56 Å². The molecule has 104 valence electrons. The first-order valence-electron chi connectivity index (χ1n) is 6.25. The Morgan fingerprint density at radius 2 is 2.05 bits per heavy atom. The second-order valence-corrected chi connectivity index (χ2v) is 5.48. The first-order valence-corrected chi connectivity index (χ1v) is 7.33. The van der Waals surface area contributed by atoms with Gasteiger partial charge in [-0.15, -0.1) is 0 Å². The molecule has 1 rings (SSSR count). The summed E-state index contributed by atoms with van der Waals surface area (Å²) in [7, 11) is 0. The molecule has 5 heteroatoms. The number of nitrogens with one attached hydrogen (secondary N) is 1. The first-order chi connectivity index (χ1) is 9.04. The van der Waals surface area contributed by atoms with E-state index in [0.29, 0.717) is 5.56 Å². The van der Waals surface area contributed by atoms with Gasteiger partial charge in [-0.05, 0) is 48.1 Å². The van der Waals surface area contributed by atoms with Crippen LogP contribution in [-0.4, -0.2) is 24.5 Å². The first kappa shape index (κ1) is 15.9. The van der Waals surface area contributed by atoms with E-state index in [0.717, 1.165) is 16.4 Å². The second-order valence-electron chi connectivity index (χ2n) is 4.31. The molecular formula is C14H18INO3. The topological polar surface area (TPSA) is 55.4 Å². The second kappa shape index (κ2) is 8.14. The Balaban J connectivity index is 2.42. The van der Waals surface area contributed by atoms with Gasteiger partial charge in [-0.25, -0.2) is 4.79 Å². The van der Waals surface area contributed by atoms with Crippen LogP contribution in [0.4, 0.5) is 0 Å². The Morgan fingerprint density at radius 3 is 2.68 bits per heavy atom. The van der Waals surface area contributed by atoms with Gasteiger partial charge in [0.25, 0.3) is 5.91 Å². The van der Waals surface area contributed by atoms with Crippen LogP contribution in [0.15, 0.2) is 24.3 Å². The molecule has 0 aliphatic heterocycles. The molecule has 0 aliphatic carbocycles. The Kier molecular flexibility index (Phi) is 6.83. The summed E-state index contributed by atoms with van der Waals surface area (Å²) in [5.74, 6) is -0.733. The highest BCUT2D eigenvalue weighted by atomic mass is 127. The van der Waals surface area contributed by atoms with Crippen LogP contribution in [0.5, 0.6) is 0 Å². The number of carbonyl (C=O) groups is 2. The van der Waals surface area contributed by atoms with E-state index in [1.54, 1.807) is 12.1 Å². The van der Waals surface area contributed by atoms with Crippen LogP contribution in [0.25, 0.3) is 0 Å². The summed E-state index contributed by atoms with van der Waals surface area (Å²) in [5, 5.41) is 2.78. The van der Waals surface area contributed by atoms with Gasteiger partial charge in [0.1, 0.15) is 0 Å². The summed E-state index contributed by atoms with van der Waals surface area (Å²) < 4.78 is 5.80. The third-order valence-electron chi connectivity index (χ3n) is 2.56. The average molecular weight is 375 g/mol. The zero-order valence-corrected chi connectivity index (χ0v) is 13.3. The van der Waals surface area contributed by atoms with E-state index in [-0.39, 0.29) is 18.6 Å². The van der Waals surface area contributed by atoms with E-state index in [1.165, 1.54) is 0 Å². The number of carbonyl (C=O) groups excluding carboxylic acids is 2. The Hall–Kier alpha value is -1.11. The predicted molar refractivity (Wildman–Crippen MR) is 82.0 cm³/mol. The highest BCUT2D eigenvalue weighted by molar-refractivity contribution is 14.1. The molecule has 1 amide bonds. The van der Waals surface area contributed by atoms with Crippen molar-refractivity contribution in [3.63, 3.8) is 0 Å². The van der Waals surface area contributed by atoms with E-state index in [9.17, 15) is 9.59 Å². The fourth-order valence-corrected chi connectivity index (χ4v) is 2.26. The number of ether oxygens (including phenoxy) is 1. The quantitative estimate of drug-likeness (QED) is 0.615. The fourth-order valence-electron chi connectivity index (χ4n) is 1.66. The Labute approximate surface area is 127 Å². The average Bonchev–Trinajstić information content (AvgIpc) is 2.36. The van der Waals surface area contributed by atoms with Crippen molar-refractivity contribution >= 4 is 34.5 Å². The molecule has 1 atom stereocenters. The summed E-state index contributed by atoms with van der Waals surface area (Å²) in [6, 6.07) is 7.22. The van der Waals surface area contributed by atoms with Crippen LogP contribution in [0, 0.1) is 3.57 Å². The molecule has 0 radical (unpaired) electrons. The van der Waals surface area contributed by atoms with E-state index in [2.05, 4.69) is 34.8 Å². The summed E-state index contributed by atoms with van der Waals surface area (Å²) in [6.07, 6.45) is 1.92. The van der Waals surface area contributed by atoms with E-state index >= 15 is 0 Å². The van der Waals surface area contributed by atoms with Crippen molar-refractivity contribution in [3.8, 4) is 0 Å². The van der Waals surface area contributed by atoms with Crippen LogP contribution < -0.4 is 5.32 Å². The van der Waals surface area contributed by atoms with Gasteiger partial charge in [0.2, 0.25) is 0 Å². The fraction of sp³-hybridized carbons (Fsp3) is 0.429. The Morgan fingerprint density at radius 1 is 1.37 bits per heavy atom. The van der Waals surface area contributed by atoms with Crippen LogP contribution >= 0.6 is 22.6 Å². The van der Waals surface area contributed by atoms with Crippen LogP contribution in [-0.2, 0) is 9.53 Å². The lowest BCUT2D eigenvalue weighted by Gasteiger charge is -2.12. The summed E-state index contributed by atoms with van der Waals surface area (Å²) >= 11 is 2.06. The van der Waals surface area contributed by atoms with Crippen molar-refractivity contribution in [1.29, 1.82) is 0 Å². The molecule has 0 heterocycles. The molecule has 4 nitrogen and oxygen atoms in total. The standard InChI is InChI=1S/C14H18INO3/c1-3-6-10(2)16-13(17)9-19-14(18)11-7-4-5-8-12(11)15/h4-5,7-8,10H,3,6,9H2,1-2H3,(H,16,17)/t10-/m0/s1. The largest absolute Gasteiger partial charge is 0.452 e. The number of rotatable bonds is 6. The molecule has 1 aromatic rings. The molecule has 0 bridgehead atoms. The number of hydrogen-bond donors (Lipinski definition) is 1. The van der Waals surface area contributed by atoms with Gasteiger partial charge in [-0.2, -0.15) is 0 Å². The van der Waals surface area contributed by atoms with Crippen LogP contribution in [0.2, 0.25) is 0 Å². The van der Waals surface area contributed by atoms with Crippen molar-refractivity contribution in [2.24, 2.45) is 0 Å². The molecule has 0 aromatic heterocycles.